The van der Waals surface area contributed by atoms with Crippen molar-refractivity contribution < 1.29 is 4.79 Å². The van der Waals surface area contributed by atoms with E-state index in [-0.39, 0.29) is 5.78 Å². The van der Waals surface area contributed by atoms with Crippen molar-refractivity contribution in [1.82, 2.24) is 10.2 Å². The van der Waals surface area contributed by atoms with Gasteiger partial charge >= 0.3 is 0 Å². The van der Waals surface area contributed by atoms with Crippen LogP contribution in [0.25, 0.3) is 0 Å². The van der Waals surface area contributed by atoms with E-state index in [1.165, 1.54) is 23.1 Å². The molecule has 0 aliphatic rings. The van der Waals surface area contributed by atoms with Gasteiger partial charge in [0.05, 0.1) is 5.75 Å². The summed E-state index contributed by atoms with van der Waals surface area (Å²) in [4.78, 5) is 14.0. The van der Waals surface area contributed by atoms with E-state index in [1.807, 2.05) is 50.2 Å². The van der Waals surface area contributed by atoms with Crippen molar-refractivity contribution in [2.24, 2.45) is 0 Å². The van der Waals surface area contributed by atoms with E-state index in [0.717, 1.165) is 20.6 Å². The van der Waals surface area contributed by atoms with E-state index in [9.17, 15) is 4.79 Å². The van der Waals surface area contributed by atoms with Crippen LogP contribution in [0.2, 0.25) is 0 Å². The van der Waals surface area contributed by atoms with E-state index < -0.39 is 0 Å². The van der Waals surface area contributed by atoms with Crippen LogP contribution in [-0.2, 0) is 0 Å². The first-order valence-electron chi connectivity index (χ1n) is 5.80. The highest BCUT2D eigenvalue weighted by Gasteiger charge is 2.12. The molecule has 0 fully saturated rings. The van der Waals surface area contributed by atoms with Gasteiger partial charge in [0.25, 0.3) is 0 Å². The number of thioether (sulfide) groups is 1. The topological polar surface area (TPSA) is 46.1 Å². The first kappa shape index (κ1) is 14.0. The molecule has 0 aliphatic heterocycles. The molecule has 4 nitrogen and oxygen atoms in total. The van der Waals surface area contributed by atoms with Crippen molar-refractivity contribution >= 4 is 34.0 Å². The number of nitrogens with zero attached hydrogens (tertiary/aromatic N) is 3. The third kappa shape index (κ3) is 3.54. The van der Waals surface area contributed by atoms with E-state index in [2.05, 4.69) is 10.2 Å². The number of carbonyl (C=O) groups excluding carboxylic acids is 1. The highest BCUT2D eigenvalue weighted by atomic mass is 32.2. The number of Topliss-reactive ketones (excluding diaryl/α,β-unsaturated/α-hetero) is 1. The maximum Gasteiger partial charge on any atom is 0.208 e. The zero-order valence-corrected chi connectivity index (χ0v) is 12.7. The van der Waals surface area contributed by atoms with Crippen molar-refractivity contribution in [3.8, 4) is 0 Å². The molecule has 0 saturated heterocycles. The molecule has 1 aromatic heterocycles. The van der Waals surface area contributed by atoms with Crippen LogP contribution < -0.4 is 4.90 Å². The lowest BCUT2D eigenvalue weighted by Crippen LogP contribution is -2.07. The number of anilines is 1. The lowest BCUT2D eigenvalue weighted by Gasteiger charge is -2.04. The third-order valence-electron chi connectivity index (χ3n) is 2.55. The van der Waals surface area contributed by atoms with Gasteiger partial charge < -0.3 is 4.90 Å². The number of hydrogen-bond donors (Lipinski definition) is 0. The summed E-state index contributed by atoms with van der Waals surface area (Å²) < 4.78 is 0.825. The molecule has 1 aromatic carbocycles. The summed E-state index contributed by atoms with van der Waals surface area (Å²) in [6.45, 7) is 1.95. The van der Waals surface area contributed by atoms with Gasteiger partial charge in [0.2, 0.25) is 5.13 Å². The Morgan fingerprint density at radius 2 is 2.05 bits per heavy atom. The second-order valence-electron chi connectivity index (χ2n) is 4.27. The number of carbonyl (C=O) groups is 1. The van der Waals surface area contributed by atoms with Crippen LogP contribution in [0, 0.1) is 6.92 Å². The molecule has 0 N–H and O–H groups in total. The maximum atomic E-state index is 12.1. The summed E-state index contributed by atoms with van der Waals surface area (Å²) in [6, 6.07) is 7.64. The number of aryl methyl sites for hydroxylation is 1. The Balaban J connectivity index is 1.98. The van der Waals surface area contributed by atoms with E-state index >= 15 is 0 Å². The first-order valence-corrected chi connectivity index (χ1v) is 7.60. The van der Waals surface area contributed by atoms with Gasteiger partial charge in [-0.3, -0.25) is 4.79 Å². The minimum absolute atomic E-state index is 0.129. The fourth-order valence-corrected chi connectivity index (χ4v) is 3.18. The molecule has 19 heavy (non-hydrogen) atoms. The Kier molecular flexibility index (Phi) is 4.55. The van der Waals surface area contributed by atoms with Gasteiger partial charge in [-0.2, -0.15) is 0 Å². The summed E-state index contributed by atoms with van der Waals surface area (Å²) in [5, 5.41) is 8.96. The lowest BCUT2D eigenvalue weighted by atomic mass is 10.1. The Morgan fingerprint density at radius 3 is 2.68 bits per heavy atom. The first-order chi connectivity index (χ1) is 9.08. The van der Waals surface area contributed by atoms with E-state index in [0.29, 0.717) is 5.75 Å². The second kappa shape index (κ2) is 6.16. The van der Waals surface area contributed by atoms with Gasteiger partial charge in [0, 0.05) is 19.7 Å². The lowest BCUT2D eigenvalue weighted by molar-refractivity contribution is 0.102. The molecule has 6 heteroatoms. The minimum Gasteiger partial charge on any atom is -0.353 e. The van der Waals surface area contributed by atoms with Gasteiger partial charge in [-0.05, 0) is 12.5 Å². The van der Waals surface area contributed by atoms with Crippen LogP contribution in [-0.4, -0.2) is 35.8 Å². The van der Waals surface area contributed by atoms with Crippen molar-refractivity contribution in [3.05, 3.63) is 35.4 Å². The van der Waals surface area contributed by atoms with Crippen molar-refractivity contribution in [3.63, 3.8) is 0 Å². The second-order valence-corrected chi connectivity index (χ2v) is 6.45. The Hall–Kier alpha value is -1.40. The smallest absolute Gasteiger partial charge is 0.208 e. The predicted molar refractivity (Wildman–Crippen MR) is 80.5 cm³/mol. The zero-order valence-electron chi connectivity index (χ0n) is 11.1. The van der Waals surface area contributed by atoms with Crippen LogP contribution >= 0.6 is 23.1 Å². The van der Waals surface area contributed by atoms with Crippen molar-refractivity contribution in [1.29, 1.82) is 0 Å². The highest BCUT2D eigenvalue weighted by molar-refractivity contribution is 8.01. The summed E-state index contributed by atoms with van der Waals surface area (Å²) >= 11 is 2.94. The number of aromatic nitrogens is 2. The molecule has 0 amide bonds. The molecule has 0 bridgehead atoms. The monoisotopic (exact) mass is 293 g/mol. The van der Waals surface area contributed by atoms with Crippen LogP contribution in [0.5, 0.6) is 0 Å². The van der Waals surface area contributed by atoms with Crippen LogP contribution in [0.4, 0.5) is 5.13 Å². The summed E-state index contributed by atoms with van der Waals surface area (Å²) in [5.41, 5.74) is 1.80. The molecule has 0 spiro atoms. The van der Waals surface area contributed by atoms with Crippen LogP contribution in [0.1, 0.15) is 15.9 Å². The molecule has 0 aliphatic carbocycles. The van der Waals surface area contributed by atoms with Crippen molar-refractivity contribution in [2.45, 2.75) is 11.3 Å². The molecule has 2 rings (SSSR count). The molecular weight excluding hydrogens is 278 g/mol. The molecule has 1 heterocycles. The molecule has 0 unspecified atom stereocenters. The largest absolute Gasteiger partial charge is 0.353 e. The van der Waals surface area contributed by atoms with Gasteiger partial charge in [0.15, 0.2) is 10.1 Å². The molecule has 2 aromatic rings. The number of rotatable bonds is 5. The Bertz CT molecular complexity index is 581. The standard InChI is InChI=1S/C13H15N3OS2/c1-9-6-4-5-7-10(9)11(17)8-18-13-15-14-12(19-13)16(2)3/h4-7H,8H2,1-3H3. The van der Waals surface area contributed by atoms with Gasteiger partial charge in [-0.25, -0.2) is 0 Å². The third-order valence-corrected chi connectivity index (χ3v) is 4.77. The molecule has 0 atom stereocenters. The quantitative estimate of drug-likeness (QED) is 0.626. The van der Waals surface area contributed by atoms with Gasteiger partial charge in [0.1, 0.15) is 0 Å². The minimum atomic E-state index is 0.129. The molecule has 100 valence electrons. The van der Waals surface area contributed by atoms with Crippen molar-refractivity contribution in [2.75, 3.05) is 24.7 Å². The normalized spacial score (nSPS) is 10.5. The average molecular weight is 293 g/mol. The van der Waals surface area contributed by atoms with Crippen LogP contribution in [0.3, 0.4) is 0 Å². The molecule has 0 radical (unpaired) electrons. The molecule has 0 saturated carbocycles. The van der Waals surface area contributed by atoms with Gasteiger partial charge in [-0.1, -0.05) is 47.4 Å². The maximum absolute atomic E-state index is 12.1. The SMILES string of the molecule is Cc1ccccc1C(=O)CSc1nnc(N(C)C)s1. The summed E-state index contributed by atoms with van der Waals surface area (Å²) in [6.07, 6.45) is 0. The Labute approximate surface area is 120 Å². The number of benzene rings is 1. The van der Waals surface area contributed by atoms with E-state index in [4.69, 9.17) is 0 Å². The number of hydrogen-bond acceptors (Lipinski definition) is 6. The summed E-state index contributed by atoms with van der Waals surface area (Å²) in [5.74, 6) is 0.525. The fourth-order valence-electron chi connectivity index (χ4n) is 1.53. The zero-order chi connectivity index (χ0) is 13.8. The number of ketones is 1. The van der Waals surface area contributed by atoms with E-state index in [1.54, 1.807) is 0 Å². The fraction of sp³-hybridized carbons (Fsp3) is 0.308. The summed E-state index contributed by atoms with van der Waals surface area (Å²) in [7, 11) is 3.85. The Morgan fingerprint density at radius 1 is 1.32 bits per heavy atom. The average Bonchev–Trinajstić information content (AvgIpc) is 2.85. The molecular formula is C13H15N3OS2. The van der Waals surface area contributed by atoms with Gasteiger partial charge in [-0.15, -0.1) is 10.2 Å². The highest BCUT2D eigenvalue weighted by Crippen LogP contribution is 2.27. The van der Waals surface area contributed by atoms with Crippen LogP contribution in [0.15, 0.2) is 28.6 Å². The predicted octanol–water partition coefficient (Wildman–Crippen LogP) is 2.89.